The SMILES string of the molecule is O=C(NC1CCCC1)c1cc(-c2cccs2)nn1-c1ccccc1. The van der Waals surface area contributed by atoms with Gasteiger partial charge in [0.25, 0.3) is 5.91 Å². The zero-order valence-corrected chi connectivity index (χ0v) is 14.1. The van der Waals surface area contributed by atoms with E-state index in [0.29, 0.717) is 11.7 Å². The molecule has 24 heavy (non-hydrogen) atoms. The van der Waals surface area contributed by atoms with Crippen LogP contribution in [0.15, 0.2) is 53.9 Å². The molecule has 0 bridgehead atoms. The Hall–Kier alpha value is -2.40. The standard InChI is InChI=1S/C19H19N3OS/c23-19(20-14-7-4-5-8-14)17-13-16(18-11-6-12-24-18)21-22(17)15-9-2-1-3-10-15/h1-3,6,9-14H,4-5,7-8H2,(H,20,23). The molecule has 1 fully saturated rings. The first kappa shape index (κ1) is 15.1. The quantitative estimate of drug-likeness (QED) is 0.773. The second-order valence-electron chi connectivity index (χ2n) is 6.09. The highest BCUT2D eigenvalue weighted by molar-refractivity contribution is 7.13. The Labute approximate surface area is 145 Å². The predicted octanol–water partition coefficient (Wildman–Crippen LogP) is 4.27. The summed E-state index contributed by atoms with van der Waals surface area (Å²) in [5.41, 5.74) is 2.33. The van der Waals surface area contributed by atoms with E-state index in [1.165, 1.54) is 12.8 Å². The first-order chi connectivity index (χ1) is 11.8. The molecule has 3 aromatic rings. The summed E-state index contributed by atoms with van der Waals surface area (Å²) in [5, 5.41) is 9.88. The van der Waals surface area contributed by atoms with Crippen LogP contribution in [0.5, 0.6) is 0 Å². The van der Waals surface area contributed by atoms with E-state index in [1.54, 1.807) is 16.0 Å². The van der Waals surface area contributed by atoms with E-state index in [4.69, 9.17) is 0 Å². The van der Waals surface area contributed by atoms with Gasteiger partial charge in [0.1, 0.15) is 11.4 Å². The number of rotatable bonds is 4. The van der Waals surface area contributed by atoms with Crippen molar-refractivity contribution in [2.24, 2.45) is 0 Å². The van der Waals surface area contributed by atoms with E-state index in [0.717, 1.165) is 29.1 Å². The summed E-state index contributed by atoms with van der Waals surface area (Å²) < 4.78 is 1.75. The van der Waals surface area contributed by atoms with Gasteiger partial charge in [-0.3, -0.25) is 4.79 Å². The molecule has 2 heterocycles. The lowest BCUT2D eigenvalue weighted by molar-refractivity contribution is 0.0930. The molecule has 1 aliphatic carbocycles. The zero-order valence-electron chi connectivity index (χ0n) is 13.3. The van der Waals surface area contributed by atoms with Crippen molar-refractivity contribution in [1.29, 1.82) is 0 Å². The third-order valence-electron chi connectivity index (χ3n) is 4.41. The average Bonchev–Trinajstić information content (AvgIpc) is 3.36. The van der Waals surface area contributed by atoms with Gasteiger partial charge in [-0.05, 0) is 42.5 Å². The van der Waals surface area contributed by atoms with E-state index in [-0.39, 0.29) is 5.91 Å². The topological polar surface area (TPSA) is 46.9 Å². The highest BCUT2D eigenvalue weighted by atomic mass is 32.1. The van der Waals surface area contributed by atoms with Gasteiger partial charge in [0.15, 0.2) is 0 Å². The lowest BCUT2D eigenvalue weighted by Gasteiger charge is -2.12. The lowest BCUT2D eigenvalue weighted by Crippen LogP contribution is -2.33. The zero-order chi connectivity index (χ0) is 16.4. The molecule has 0 radical (unpaired) electrons. The van der Waals surface area contributed by atoms with Gasteiger partial charge >= 0.3 is 0 Å². The molecule has 0 unspecified atom stereocenters. The third kappa shape index (κ3) is 2.99. The monoisotopic (exact) mass is 337 g/mol. The Balaban J connectivity index is 1.71. The molecule has 2 aromatic heterocycles. The maximum Gasteiger partial charge on any atom is 0.270 e. The molecule has 0 aliphatic heterocycles. The van der Waals surface area contributed by atoms with E-state index in [1.807, 2.05) is 53.9 Å². The number of benzene rings is 1. The molecule has 1 saturated carbocycles. The first-order valence-corrected chi connectivity index (χ1v) is 9.19. The van der Waals surface area contributed by atoms with Crippen LogP contribution in [0.25, 0.3) is 16.3 Å². The van der Waals surface area contributed by atoms with Gasteiger partial charge < -0.3 is 5.32 Å². The van der Waals surface area contributed by atoms with Crippen LogP contribution in [0.1, 0.15) is 36.2 Å². The number of hydrogen-bond acceptors (Lipinski definition) is 3. The number of para-hydroxylation sites is 1. The van der Waals surface area contributed by atoms with E-state index < -0.39 is 0 Å². The van der Waals surface area contributed by atoms with Crippen LogP contribution >= 0.6 is 11.3 Å². The summed E-state index contributed by atoms with van der Waals surface area (Å²) in [5.74, 6) is -0.0407. The molecule has 1 aromatic carbocycles. The average molecular weight is 337 g/mol. The second kappa shape index (κ2) is 6.61. The Morgan fingerprint density at radius 1 is 1.12 bits per heavy atom. The number of carbonyl (C=O) groups excluding carboxylic acids is 1. The van der Waals surface area contributed by atoms with Crippen molar-refractivity contribution in [2.75, 3.05) is 0 Å². The van der Waals surface area contributed by atoms with Gasteiger partial charge in [-0.2, -0.15) is 5.10 Å². The van der Waals surface area contributed by atoms with Crippen molar-refractivity contribution in [3.63, 3.8) is 0 Å². The Morgan fingerprint density at radius 2 is 1.92 bits per heavy atom. The van der Waals surface area contributed by atoms with Crippen molar-refractivity contribution < 1.29 is 4.79 Å². The van der Waals surface area contributed by atoms with Gasteiger partial charge in [0, 0.05) is 6.04 Å². The van der Waals surface area contributed by atoms with Crippen LogP contribution < -0.4 is 5.32 Å². The summed E-state index contributed by atoms with van der Waals surface area (Å²) in [6.45, 7) is 0. The van der Waals surface area contributed by atoms with Gasteiger partial charge in [0.05, 0.1) is 10.6 Å². The number of carbonyl (C=O) groups is 1. The third-order valence-corrected chi connectivity index (χ3v) is 5.30. The molecule has 1 amide bonds. The summed E-state index contributed by atoms with van der Waals surface area (Å²) in [6, 6.07) is 16.0. The normalized spacial score (nSPS) is 14.8. The minimum atomic E-state index is -0.0407. The minimum absolute atomic E-state index is 0.0407. The molecule has 5 heteroatoms. The van der Waals surface area contributed by atoms with Crippen molar-refractivity contribution in [1.82, 2.24) is 15.1 Å². The molecule has 0 atom stereocenters. The number of aromatic nitrogens is 2. The highest BCUT2D eigenvalue weighted by Crippen LogP contribution is 2.26. The fraction of sp³-hybridized carbons (Fsp3) is 0.263. The lowest BCUT2D eigenvalue weighted by atomic mass is 10.2. The molecule has 4 nitrogen and oxygen atoms in total. The van der Waals surface area contributed by atoms with Crippen LogP contribution in [-0.2, 0) is 0 Å². The van der Waals surface area contributed by atoms with Gasteiger partial charge in [0.2, 0.25) is 0 Å². The van der Waals surface area contributed by atoms with Gasteiger partial charge in [-0.25, -0.2) is 4.68 Å². The Bertz CT molecular complexity index is 818. The molecular formula is C19H19N3OS. The summed E-state index contributed by atoms with van der Waals surface area (Å²) in [6.07, 6.45) is 4.54. The molecule has 4 rings (SSSR count). The molecule has 1 N–H and O–H groups in total. The van der Waals surface area contributed by atoms with Crippen LogP contribution in [0.2, 0.25) is 0 Å². The molecule has 0 spiro atoms. The Morgan fingerprint density at radius 3 is 2.62 bits per heavy atom. The van der Waals surface area contributed by atoms with Crippen LogP contribution in [0.3, 0.4) is 0 Å². The van der Waals surface area contributed by atoms with Crippen LogP contribution in [0, 0.1) is 0 Å². The molecule has 0 saturated heterocycles. The summed E-state index contributed by atoms with van der Waals surface area (Å²) in [7, 11) is 0. The highest BCUT2D eigenvalue weighted by Gasteiger charge is 2.22. The second-order valence-corrected chi connectivity index (χ2v) is 7.04. The number of thiophene rings is 1. The van der Waals surface area contributed by atoms with Crippen molar-refractivity contribution in [2.45, 2.75) is 31.7 Å². The maximum atomic E-state index is 12.8. The van der Waals surface area contributed by atoms with E-state index in [9.17, 15) is 4.79 Å². The largest absolute Gasteiger partial charge is 0.348 e. The molecular weight excluding hydrogens is 318 g/mol. The molecule has 1 aliphatic rings. The smallest absolute Gasteiger partial charge is 0.270 e. The fourth-order valence-corrected chi connectivity index (χ4v) is 3.86. The van der Waals surface area contributed by atoms with E-state index in [2.05, 4.69) is 10.4 Å². The Kier molecular flexibility index (Phi) is 4.17. The first-order valence-electron chi connectivity index (χ1n) is 8.31. The van der Waals surface area contributed by atoms with Crippen molar-refractivity contribution in [3.05, 3.63) is 59.6 Å². The number of hydrogen-bond donors (Lipinski definition) is 1. The predicted molar refractivity (Wildman–Crippen MR) is 96.6 cm³/mol. The summed E-state index contributed by atoms with van der Waals surface area (Å²) >= 11 is 1.63. The van der Waals surface area contributed by atoms with Crippen LogP contribution in [0.4, 0.5) is 0 Å². The fourth-order valence-electron chi connectivity index (χ4n) is 3.18. The van der Waals surface area contributed by atoms with Gasteiger partial charge in [-0.1, -0.05) is 37.1 Å². The maximum absolute atomic E-state index is 12.8. The molecule has 122 valence electrons. The summed E-state index contributed by atoms with van der Waals surface area (Å²) in [4.78, 5) is 13.9. The number of nitrogens with one attached hydrogen (secondary N) is 1. The van der Waals surface area contributed by atoms with Gasteiger partial charge in [-0.15, -0.1) is 11.3 Å². The van der Waals surface area contributed by atoms with Crippen molar-refractivity contribution >= 4 is 17.2 Å². The number of nitrogens with zero attached hydrogens (tertiary/aromatic N) is 2. The van der Waals surface area contributed by atoms with Crippen molar-refractivity contribution in [3.8, 4) is 16.3 Å². The number of amides is 1. The minimum Gasteiger partial charge on any atom is -0.348 e. The van der Waals surface area contributed by atoms with Crippen LogP contribution in [-0.4, -0.2) is 21.7 Å². The van der Waals surface area contributed by atoms with E-state index >= 15 is 0 Å².